The largest absolute Gasteiger partial charge is 0.337 e. The summed E-state index contributed by atoms with van der Waals surface area (Å²) in [6.45, 7) is 2.11. The molecule has 0 saturated heterocycles. The Kier molecular flexibility index (Phi) is 4.38. The Hall–Kier alpha value is -1.56. The summed E-state index contributed by atoms with van der Waals surface area (Å²) in [5.41, 5.74) is 2.93. The molecule has 0 spiro atoms. The summed E-state index contributed by atoms with van der Waals surface area (Å²) in [5.74, 6) is 0. The number of H-pyrrole nitrogens is 2. The van der Waals surface area contributed by atoms with E-state index in [1.807, 2.05) is 30.5 Å². The van der Waals surface area contributed by atoms with Gasteiger partial charge in [-0.05, 0) is 42.4 Å². The molecular formula is C15H14Cl2N4S. The number of nitrogens with one attached hydrogen (secondary N) is 2. The van der Waals surface area contributed by atoms with Gasteiger partial charge in [-0.15, -0.1) is 0 Å². The standard InChI is InChI=1S/C15H14Cl2N4S/c1-2-13(9-3-4-10(16)11(17)7-9)21-14(8-18-15(21)22)12-5-6-19-20-12/h3-8,13H,2H2,1H3,(H,18,22)(H,19,20). The lowest BCUT2D eigenvalue weighted by Gasteiger charge is -2.20. The fourth-order valence-electron chi connectivity index (χ4n) is 2.58. The Bertz CT molecular complexity index is 836. The molecule has 22 heavy (non-hydrogen) atoms. The average molecular weight is 353 g/mol. The summed E-state index contributed by atoms with van der Waals surface area (Å²) in [6, 6.07) is 7.66. The number of aromatic amines is 2. The van der Waals surface area contributed by atoms with Crippen molar-refractivity contribution < 1.29 is 0 Å². The van der Waals surface area contributed by atoms with E-state index in [0.29, 0.717) is 14.8 Å². The van der Waals surface area contributed by atoms with Gasteiger partial charge in [0.05, 0.1) is 27.5 Å². The molecule has 3 aromatic rings. The van der Waals surface area contributed by atoms with Crippen LogP contribution in [0.25, 0.3) is 11.4 Å². The van der Waals surface area contributed by atoms with E-state index in [0.717, 1.165) is 23.4 Å². The van der Waals surface area contributed by atoms with Crippen molar-refractivity contribution in [2.24, 2.45) is 0 Å². The maximum absolute atomic E-state index is 6.16. The molecule has 1 aromatic carbocycles. The fraction of sp³-hybridized carbons (Fsp3) is 0.200. The first-order valence-corrected chi connectivity index (χ1v) is 8.02. The van der Waals surface area contributed by atoms with Crippen LogP contribution in [0.2, 0.25) is 10.0 Å². The Morgan fingerprint density at radius 3 is 2.73 bits per heavy atom. The SMILES string of the molecule is CCC(c1ccc(Cl)c(Cl)c1)n1c(-c2ccn[nH]2)c[nH]c1=S. The maximum atomic E-state index is 6.16. The fourth-order valence-corrected chi connectivity index (χ4v) is 3.17. The van der Waals surface area contributed by atoms with Crippen LogP contribution < -0.4 is 0 Å². The van der Waals surface area contributed by atoms with Gasteiger partial charge < -0.3 is 9.55 Å². The number of rotatable bonds is 4. The van der Waals surface area contributed by atoms with Crippen molar-refractivity contribution in [2.45, 2.75) is 19.4 Å². The van der Waals surface area contributed by atoms with Gasteiger partial charge in [-0.25, -0.2) is 0 Å². The second kappa shape index (κ2) is 6.28. The van der Waals surface area contributed by atoms with Gasteiger partial charge in [-0.1, -0.05) is 36.2 Å². The molecule has 2 aromatic heterocycles. The number of nitrogens with zero attached hydrogens (tertiary/aromatic N) is 2. The van der Waals surface area contributed by atoms with E-state index in [9.17, 15) is 0 Å². The van der Waals surface area contributed by atoms with E-state index in [1.54, 1.807) is 6.20 Å². The second-order valence-electron chi connectivity index (χ2n) is 4.92. The predicted octanol–water partition coefficient (Wildman–Crippen LogP) is 5.24. The molecule has 0 radical (unpaired) electrons. The number of aromatic nitrogens is 4. The van der Waals surface area contributed by atoms with Gasteiger partial charge in [0.2, 0.25) is 0 Å². The molecule has 114 valence electrons. The first-order chi connectivity index (χ1) is 10.6. The number of hydrogen-bond acceptors (Lipinski definition) is 2. The molecule has 0 bridgehead atoms. The van der Waals surface area contributed by atoms with Crippen molar-refractivity contribution in [1.82, 2.24) is 19.7 Å². The summed E-state index contributed by atoms with van der Waals surface area (Å²) in [6.07, 6.45) is 4.47. The zero-order valence-corrected chi connectivity index (χ0v) is 14.1. The molecule has 4 nitrogen and oxygen atoms in total. The Labute approximate surface area is 143 Å². The highest BCUT2D eigenvalue weighted by atomic mass is 35.5. The summed E-state index contributed by atoms with van der Waals surface area (Å²) < 4.78 is 2.73. The topological polar surface area (TPSA) is 49.4 Å². The third-order valence-corrected chi connectivity index (χ3v) is 4.67. The van der Waals surface area contributed by atoms with Crippen molar-refractivity contribution in [1.29, 1.82) is 0 Å². The van der Waals surface area contributed by atoms with E-state index in [1.165, 1.54) is 0 Å². The van der Waals surface area contributed by atoms with Crippen LogP contribution in [0.3, 0.4) is 0 Å². The first kappa shape index (κ1) is 15.3. The van der Waals surface area contributed by atoms with E-state index in [2.05, 4.69) is 26.7 Å². The van der Waals surface area contributed by atoms with Gasteiger partial charge in [0, 0.05) is 12.4 Å². The molecular weight excluding hydrogens is 339 g/mol. The van der Waals surface area contributed by atoms with E-state index in [4.69, 9.17) is 35.4 Å². The monoisotopic (exact) mass is 352 g/mol. The van der Waals surface area contributed by atoms with E-state index >= 15 is 0 Å². The quantitative estimate of drug-likeness (QED) is 0.630. The van der Waals surface area contributed by atoms with Crippen LogP contribution in [0.15, 0.2) is 36.7 Å². The Morgan fingerprint density at radius 1 is 1.27 bits per heavy atom. The summed E-state index contributed by atoms with van der Waals surface area (Å²) in [5, 5.41) is 8.07. The van der Waals surface area contributed by atoms with Gasteiger partial charge in [-0.2, -0.15) is 5.10 Å². The zero-order valence-electron chi connectivity index (χ0n) is 11.8. The first-order valence-electron chi connectivity index (χ1n) is 6.86. The molecule has 2 heterocycles. The second-order valence-corrected chi connectivity index (χ2v) is 6.12. The van der Waals surface area contributed by atoms with Gasteiger partial charge >= 0.3 is 0 Å². The maximum Gasteiger partial charge on any atom is 0.178 e. The van der Waals surface area contributed by atoms with Crippen LogP contribution in [-0.4, -0.2) is 19.7 Å². The molecule has 7 heteroatoms. The smallest absolute Gasteiger partial charge is 0.178 e. The van der Waals surface area contributed by atoms with Gasteiger partial charge in [0.25, 0.3) is 0 Å². The van der Waals surface area contributed by atoms with Crippen molar-refractivity contribution in [3.63, 3.8) is 0 Å². The summed E-state index contributed by atoms with van der Waals surface area (Å²) in [4.78, 5) is 3.11. The minimum absolute atomic E-state index is 0.0619. The predicted molar refractivity (Wildman–Crippen MR) is 92.1 cm³/mol. The van der Waals surface area contributed by atoms with Crippen molar-refractivity contribution >= 4 is 35.4 Å². The summed E-state index contributed by atoms with van der Waals surface area (Å²) in [7, 11) is 0. The van der Waals surface area contributed by atoms with Crippen LogP contribution in [-0.2, 0) is 0 Å². The molecule has 3 rings (SSSR count). The molecule has 0 aliphatic carbocycles. The Balaban J connectivity index is 2.13. The van der Waals surface area contributed by atoms with Crippen molar-refractivity contribution in [3.05, 3.63) is 57.0 Å². The Morgan fingerprint density at radius 2 is 2.09 bits per heavy atom. The van der Waals surface area contributed by atoms with Gasteiger partial charge in [0.1, 0.15) is 0 Å². The normalized spacial score (nSPS) is 12.5. The molecule has 1 unspecified atom stereocenters. The van der Waals surface area contributed by atoms with E-state index < -0.39 is 0 Å². The zero-order chi connectivity index (χ0) is 15.7. The van der Waals surface area contributed by atoms with E-state index in [-0.39, 0.29) is 6.04 Å². The van der Waals surface area contributed by atoms with Crippen LogP contribution in [0.4, 0.5) is 0 Å². The molecule has 2 N–H and O–H groups in total. The molecule has 0 saturated carbocycles. The molecule has 0 fully saturated rings. The number of hydrogen-bond donors (Lipinski definition) is 2. The minimum Gasteiger partial charge on any atom is -0.337 e. The van der Waals surface area contributed by atoms with Crippen LogP contribution in [0.5, 0.6) is 0 Å². The van der Waals surface area contributed by atoms with Crippen LogP contribution in [0, 0.1) is 4.77 Å². The highest BCUT2D eigenvalue weighted by Crippen LogP contribution is 2.32. The lowest BCUT2D eigenvalue weighted by Crippen LogP contribution is -2.11. The van der Waals surface area contributed by atoms with Crippen LogP contribution in [0.1, 0.15) is 24.9 Å². The summed E-state index contributed by atoms with van der Waals surface area (Å²) >= 11 is 17.6. The lowest BCUT2D eigenvalue weighted by atomic mass is 10.0. The highest BCUT2D eigenvalue weighted by molar-refractivity contribution is 7.71. The third-order valence-electron chi connectivity index (χ3n) is 3.61. The van der Waals surface area contributed by atoms with Gasteiger partial charge in [-0.3, -0.25) is 5.10 Å². The molecule has 0 aliphatic rings. The third kappa shape index (κ3) is 2.72. The molecule has 0 aliphatic heterocycles. The number of halogens is 2. The van der Waals surface area contributed by atoms with Crippen molar-refractivity contribution in [3.8, 4) is 11.4 Å². The van der Waals surface area contributed by atoms with Crippen molar-refractivity contribution in [2.75, 3.05) is 0 Å². The number of benzene rings is 1. The van der Waals surface area contributed by atoms with Crippen LogP contribution >= 0.6 is 35.4 Å². The number of imidazole rings is 1. The average Bonchev–Trinajstić information content (AvgIpc) is 3.14. The highest BCUT2D eigenvalue weighted by Gasteiger charge is 2.18. The molecule has 1 atom stereocenters. The van der Waals surface area contributed by atoms with Gasteiger partial charge in [0.15, 0.2) is 4.77 Å². The lowest BCUT2D eigenvalue weighted by molar-refractivity contribution is 0.564. The minimum atomic E-state index is 0.0619. The molecule has 0 amide bonds.